The van der Waals surface area contributed by atoms with Gasteiger partial charge in [-0.15, -0.1) is 0 Å². The van der Waals surface area contributed by atoms with E-state index in [1.165, 1.54) is 0 Å². The second-order valence-corrected chi connectivity index (χ2v) is 5.61. The number of methoxy groups -OCH3 is 3. The first-order valence-corrected chi connectivity index (χ1v) is 8.39. The maximum atomic E-state index is 12.2. The van der Waals surface area contributed by atoms with E-state index in [1.54, 1.807) is 45.6 Å². The largest absolute Gasteiger partial charge is 0.497 e. The molecule has 1 atom stereocenters. The molecule has 0 saturated heterocycles. The highest BCUT2D eigenvalue weighted by atomic mass is 16.5. The van der Waals surface area contributed by atoms with E-state index in [2.05, 4.69) is 5.32 Å². The molecule has 0 saturated carbocycles. The van der Waals surface area contributed by atoms with Gasteiger partial charge in [-0.3, -0.25) is 4.79 Å². The molecule has 0 unspecified atom stereocenters. The molecule has 1 amide bonds. The van der Waals surface area contributed by atoms with Gasteiger partial charge in [0.15, 0.2) is 18.1 Å². The SMILES string of the molecule is CC[C@@H](NC(=O)COc1ccc(OC)cc1)c1ccc(OC)c(OC)c1. The smallest absolute Gasteiger partial charge is 0.258 e. The quantitative estimate of drug-likeness (QED) is 0.744. The van der Waals surface area contributed by atoms with Crippen LogP contribution in [-0.2, 0) is 4.79 Å². The van der Waals surface area contributed by atoms with Gasteiger partial charge < -0.3 is 24.3 Å². The van der Waals surface area contributed by atoms with Crippen LogP contribution in [0.3, 0.4) is 0 Å². The van der Waals surface area contributed by atoms with Crippen molar-refractivity contribution in [3.05, 3.63) is 48.0 Å². The third-order valence-electron chi connectivity index (χ3n) is 3.98. The minimum Gasteiger partial charge on any atom is -0.497 e. The Morgan fingerprint density at radius 3 is 2.15 bits per heavy atom. The van der Waals surface area contributed by atoms with Crippen LogP contribution < -0.4 is 24.3 Å². The van der Waals surface area contributed by atoms with E-state index in [0.717, 1.165) is 17.7 Å². The number of hydrogen-bond donors (Lipinski definition) is 1. The van der Waals surface area contributed by atoms with Crippen molar-refractivity contribution >= 4 is 5.91 Å². The van der Waals surface area contributed by atoms with Gasteiger partial charge in [0.05, 0.1) is 27.4 Å². The lowest BCUT2D eigenvalue weighted by molar-refractivity contribution is -0.123. The average Bonchev–Trinajstić information content (AvgIpc) is 2.70. The Balaban J connectivity index is 1.96. The lowest BCUT2D eigenvalue weighted by Gasteiger charge is -2.19. The molecule has 0 bridgehead atoms. The Kier molecular flexibility index (Phi) is 7.14. The third-order valence-corrected chi connectivity index (χ3v) is 3.98. The molecule has 0 fully saturated rings. The summed E-state index contributed by atoms with van der Waals surface area (Å²) < 4.78 is 21.2. The number of benzene rings is 2. The van der Waals surface area contributed by atoms with Crippen LogP contribution in [0.1, 0.15) is 24.9 Å². The summed E-state index contributed by atoms with van der Waals surface area (Å²) in [7, 11) is 4.78. The number of rotatable bonds is 9. The van der Waals surface area contributed by atoms with Crippen molar-refractivity contribution in [3.8, 4) is 23.0 Å². The molecule has 0 spiro atoms. The molecule has 2 rings (SSSR count). The van der Waals surface area contributed by atoms with E-state index in [1.807, 2.05) is 25.1 Å². The van der Waals surface area contributed by atoms with Crippen molar-refractivity contribution in [1.82, 2.24) is 5.32 Å². The van der Waals surface area contributed by atoms with Gasteiger partial charge in [-0.2, -0.15) is 0 Å². The molecule has 0 aliphatic rings. The summed E-state index contributed by atoms with van der Waals surface area (Å²) in [6, 6.07) is 12.6. The van der Waals surface area contributed by atoms with Crippen molar-refractivity contribution < 1.29 is 23.7 Å². The van der Waals surface area contributed by atoms with E-state index < -0.39 is 0 Å². The first-order valence-electron chi connectivity index (χ1n) is 8.39. The molecular formula is C20H25NO5. The van der Waals surface area contributed by atoms with Crippen molar-refractivity contribution in [2.24, 2.45) is 0 Å². The zero-order chi connectivity index (χ0) is 18.9. The number of carbonyl (C=O) groups is 1. The van der Waals surface area contributed by atoms with Crippen LogP contribution in [-0.4, -0.2) is 33.8 Å². The van der Waals surface area contributed by atoms with Gasteiger partial charge in [-0.05, 0) is 48.4 Å². The van der Waals surface area contributed by atoms with Gasteiger partial charge in [0, 0.05) is 0 Å². The van der Waals surface area contributed by atoms with Crippen LogP contribution in [0.15, 0.2) is 42.5 Å². The van der Waals surface area contributed by atoms with E-state index in [4.69, 9.17) is 18.9 Å². The Morgan fingerprint density at radius 1 is 0.923 bits per heavy atom. The standard InChI is InChI=1S/C20H25NO5/c1-5-17(14-6-11-18(24-3)19(12-14)25-4)21-20(22)13-26-16-9-7-15(23-2)8-10-16/h6-12,17H,5,13H2,1-4H3,(H,21,22)/t17-/m1/s1. The Morgan fingerprint density at radius 2 is 1.58 bits per heavy atom. The Bertz CT molecular complexity index is 715. The third kappa shape index (κ3) is 5.05. The molecule has 6 heteroatoms. The second kappa shape index (κ2) is 9.56. The number of amides is 1. The van der Waals surface area contributed by atoms with E-state index >= 15 is 0 Å². The molecule has 6 nitrogen and oxygen atoms in total. The summed E-state index contributed by atoms with van der Waals surface area (Å²) in [5.74, 6) is 2.44. The molecule has 0 heterocycles. The van der Waals surface area contributed by atoms with Crippen LogP contribution in [0.2, 0.25) is 0 Å². The van der Waals surface area contributed by atoms with Gasteiger partial charge in [-0.25, -0.2) is 0 Å². The summed E-state index contributed by atoms with van der Waals surface area (Å²) in [6.07, 6.45) is 0.740. The predicted molar refractivity (Wildman–Crippen MR) is 99.2 cm³/mol. The van der Waals surface area contributed by atoms with E-state index in [0.29, 0.717) is 17.2 Å². The predicted octanol–water partition coefficient (Wildman–Crippen LogP) is 3.36. The molecule has 0 radical (unpaired) electrons. The van der Waals surface area contributed by atoms with Crippen LogP contribution >= 0.6 is 0 Å². The number of ether oxygens (including phenoxy) is 4. The second-order valence-electron chi connectivity index (χ2n) is 5.61. The minimum absolute atomic E-state index is 0.0594. The molecule has 140 valence electrons. The van der Waals surface area contributed by atoms with Gasteiger partial charge in [-0.1, -0.05) is 13.0 Å². The van der Waals surface area contributed by atoms with E-state index in [-0.39, 0.29) is 18.6 Å². The summed E-state index contributed by atoms with van der Waals surface area (Å²) in [4.78, 5) is 12.2. The molecule has 1 N–H and O–H groups in total. The first-order chi connectivity index (χ1) is 12.6. The number of nitrogens with one attached hydrogen (secondary N) is 1. The highest BCUT2D eigenvalue weighted by Crippen LogP contribution is 2.30. The molecule has 26 heavy (non-hydrogen) atoms. The first kappa shape index (κ1) is 19.4. The van der Waals surface area contributed by atoms with Gasteiger partial charge in [0.2, 0.25) is 0 Å². The highest BCUT2D eigenvalue weighted by molar-refractivity contribution is 5.78. The van der Waals surface area contributed by atoms with Crippen molar-refractivity contribution in [3.63, 3.8) is 0 Å². The fourth-order valence-electron chi connectivity index (χ4n) is 2.55. The summed E-state index contributed by atoms with van der Waals surface area (Å²) in [5.41, 5.74) is 0.947. The van der Waals surface area contributed by atoms with Crippen LogP contribution in [0, 0.1) is 0 Å². The van der Waals surface area contributed by atoms with Gasteiger partial charge in [0.1, 0.15) is 11.5 Å². The minimum atomic E-state index is -0.192. The summed E-state index contributed by atoms with van der Waals surface area (Å²) in [6.45, 7) is 1.95. The highest BCUT2D eigenvalue weighted by Gasteiger charge is 2.15. The number of carbonyl (C=O) groups excluding carboxylic acids is 1. The van der Waals surface area contributed by atoms with Crippen molar-refractivity contribution in [2.75, 3.05) is 27.9 Å². The monoisotopic (exact) mass is 359 g/mol. The Labute approximate surface area is 154 Å². The zero-order valence-corrected chi connectivity index (χ0v) is 15.6. The van der Waals surface area contributed by atoms with Gasteiger partial charge >= 0.3 is 0 Å². The normalized spacial score (nSPS) is 11.4. The maximum absolute atomic E-state index is 12.2. The molecule has 0 aromatic heterocycles. The van der Waals surface area contributed by atoms with Gasteiger partial charge in [0.25, 0.3) is 5.91 Å². The molecule has 0 aliphatic heterocycles. The van der Waals surface area contributed by atoms with Crippen LogP contribution in [0.4, 0.5) is 0 Å². The lowest BCUT2D eigenvalue weighted by atomic mass is 10.0. The summed E-state index contributed by atoms with van der Waals surface area (Å²) in [5, 5.41) is 2.98. The summed E-state index contributed by atoms with van der Waals surface area (Å²) >= 11 is 0. The zero-order valence-electron chi connectivity index (χ0n) is 15.6. The number of hydrogen-bond acceptors (Lipinski definition) is 5. The van der Waals surface area contributed by atoms with Crippen LogP contribution in [0.5, 0.6) is 23.0 Å². The van der Waals surface area contributed by atoms with Crippen molar-refractivity contribution in [1.29, 1.82) is 0 Å². The fraction of sp³-hybridized carbons (Fsp3) is 0.350. The maximum Gasteiger partial charge on any atom is 0.258 e. The topological polar surface area (TPSA) is 66.0 Å². The van der Waals surface area contributed by atoms with Crippen molar-refractivity contribution in [2.45, 2.75) is 19.4 Å². The fourth-order valence-corrected chi connectivity index (χ4v) is 2.55. The Hall–Kier alpha value is -2.89. The van der Waals surface area contributed by atoms with E-state index in [9.17, 15) is 4.79 Å². The molecule has 0 aliphatic carbocycles. The van der Waals surface area contributed by atoms with Crippen LogP contribution in [0.25, 0.3) is 0 Å². The average molecular weight is 359 g/mol. The molecule has 2 aromatic rings. The molecule has 2 aromatic carbocycles. The molecular weight excluding hydrogens is 334 g/mol. The lowest BCUT2D eigenvalue weighted by Crippen LogP contribution is -2.32.